The largest absolute Gasteiger partial charge is 0.418 e. The summed E-state index contributed by atoms with van der Waals surface area (Å²) in [4.78, 5) is 14.0. The number of hydrogen-bond donors (Lipinski definition) is 2. The third-order valence-electron chi connectivity index (χ3n) is 4.96. The SMILES string of the molecule is NCc1cc([C@@H]2CC3(CC3)[C@@H]3CN2C(=O)N3OS(=O)(=O)O)no1. The second-order valence-corrected chi connectivity index (χ2v) is 7.29. The highest BCUT2D eigenvalue weighted by molar-refractivity contribution is 7.80. The molecule has 11 heteroatoms. The van der Waals surface area contributed by atoms with E-state index in [2.05, 4.69) is 9.44 Å². The van der Waals surface area contributed by atoms with Crippen molar-refractivity contribution >= 4 is 16.4 Å². The predicted molar refractivity (Wildman–Crippen MR) is 73.8 cm³/mol. The van der Waals surface area contributed by atoms with Crippen LogP contribution in [0.1, 0.15) is 36.8 Å². The molecular formula is C12H16N4O6S. The average molecular weight is 344 g/mol. The Morgan fingerprint density at radius 3 is 2.83 bits per heavy atom. The number of nitrogens with two attached hydrogens (primary N) is 1. The summed E-state index contributed by atoms with van der Waals surface area (Å²) in [6, 6.07) is 0.397. The van der Waals surface area contributed by atoms with Crippen LogP contribution in [0, 0.1) is 5.41 Å². The van der Waals surface area contributed by atoms with E-state index in [0.717, 1.165) is 17.9 Å². The van der Waals surface area contributed by atoms with Crippen molar-refractivity contribution in [1.29, 1.82) is 0 Å². The smallest absolute Gasteiger partial charge is 0.360 e. The normalized spacial score (nSPS) is 28.7. The van der Waals surface area contributed by atoms with Crippen LogP contribution >= 0.6 is 0 Å². The van der Waals surface area contributed by atoms with E-state index >= 15 is 0 Å². The lowest BCUT2D eigenvalue weighted by Crippen LogP contribution is -2.43. The van der Waals surface area contributed by atoms with Crippen LogP contribution in [0.3, 0.4) is 0 Å². The molecule has 23 heavy (non-hydrogen) atoms. The van der Waals surface area contributed by atoms with E-state index in [1.165, 1.54) is 4.90 Å². The Morgan fingerprint density at radius 2 is 2.26 bits per heavy atom. The van der Waals surface area contributed by atoms with Crippen LogP contribution in [-0.2, 0) is 21.2 Å². The fourth-order valence-electron chi connectivity index (χ4n) is 3.66. The first-order chi connectivity index (χ1) is 10.8. The van der Waals surface area contributed by atoms with Gasteiger partial charge in [-0.25, -0.2) is 4.79 Å². The molecule has 2 aliphatic heterocycles. The van der Waals surface area contributed by atoms with Crippen molar-refractivity contribution in [1.82, 2.24) is 15.1 Å². The van der Waals surface area contributed by atoms with Gasteiger partial charge in [0.1, 0.15) is 5.69 Å². The maximum absolute atomic E-state index is 12.5. The summed E-state index contributed by atoms with van der Waals surface area (Å²) >= 11 is 0. The number of fused-ring (bicyclic) bond motifs is 3. The Balaban J connectivity index is 1.67. The zero-order chi connectivity index (χ0) is 16.4. The van der Waals surface area contributed by atoms with Gasteiger partial charge in [0.2, 0.25) is 0 Å². The van der Waals surface area contributed by atoms with Crippen LogP contribution in [0.5, 0.6) is 0 Å². The van der Waals surface area contributed by atoms with Gasteiger partial charge in [0.05, 0.1) is 18.6 Å². The maximum atomic E-state index is 12.5. The van der Waals surface area contributed by atoms with Gasteiger partial charge in [0, 0.05) is 12.6 Å². The molecule has 1 saturated carbocycles. The van der Waals surface area contributed by atoms with Gasteiger partial charge in [-0.1, -0.05) is 5.16 Å². The lowest BCUT2D eigenvalue weighted by molar-refractivity contribution is -0.0527. The molecule has 2 bridgehead atoms. The van der Waals surface area contributed by atoms with Gasteiger partial charge in [0.15, 0.2) is 5.76 Å². The first kappa shape index (κ1) is 14.9. The predicted octanol–water partition coefficient (Wildman–Crippen LogP) is 0.199. The molecule has 1 aliphatic carbocycles. The van der Waals surface area contributed by atoms with E-state index in [-0.39, 0.29) is 18.0 Å². The summed E-state index contributed by atoms with van der Waals surface area (Å²) in [5.74, 6) is 0.518. The van der Waals surface area contributed by atoms with Crippen molar-refractivity contribution in [3.63, 3.8) is 0 Å². The quantitative estimate of drug-likeness (QED) is 0.738. The minimum atomic E-state index is -4.76. The molecule has 3 N–H and O–H groups in total. The number of carbonyl (C=O) groups is 1. The summed E-state index contributed by atoms with van der Waals surface area (Å²) in [5, 5.41) is 4.76. The van der Waals surface area contributed by atoms with E-state index in [0.29, 0.717) is 24.4 Å². The van der Waals surface area contributed by atoms with Crippen LogP contribution in [0.2, 0.25) is 0 Å². The van der Waals surface area contributed by atoms with Crippen molar-refractivity contribution in [3.8, 4) is 0 Å². The van der Waals surface area contributed by atoms with Gasteiger partial charge >= 0.3 is 16.4 Å². The lowest BCUT2D eigenvalue weighted by atomic mass is 9.84. The first-order valence-electron chi connectivity index (χ1n) is 7.25. The van der Waals surface area contributed by atoms with Crippen LogP contribution in [0.25, 0.3) is 0 Å². The molecule has 2 saturated heterocycles. The molecule has 4 rings (SSSR count). The number of hydroxylamine groups is 2. The Bertz CT molecular complexity index is 757. The summed E-state index contributed by atoms with van der Waals surface area (Å²) in [7, 11) is -4.76. The summed E-state index contributed by atoms with van der Waals surface area (Å²) in [6.07, 6.45) is 2.37. The molecule has 1 aromatic rings. The third-order valence-corrected chi connectivity index (χ3v) is 5.31. The first-order valence-corrected chi connectivity index (χ1v) is 8.62. The van der Waals surface area contributed by atoms with Gasteiger partial charge in [0.25, 0.3) is 0 Å². The zero-order valence-corrected chi connectivity index (χ0v) is 12.9. The minimum Gasteiger partial charge on any atom is -0.360 e. The number of carbonyl (C=O) groups excluding carboxylic acids is 1. The third kappa shape index (κ3) is 2.31. The Morgan fingerprint density at radius 1 is 1.52 bits per heavy atom. The van der Waals surface area contributed by atoms with E-state index in [1.54, 1.807) is 6.07 Å². The molecule has 126 valence electrons. The molecule has 10 nitrogen and oxygen atoms in total. The molecule has 1 spiro atoms. The Labute approximate surface area is 132 Å². The fraction of sp³-hybridized carbons (Fsp3) is 0.667. The van der Waals surface area contributed by atoms with Gasteiger partial charge in [-0.15, -0.1) is 4.28 Å². The fourth-order valence-corrected chi connectivity index (χ4v) is 4.03. The van der Waals surface area contributed by atoms with Crippen LogP contribution in [0.15, 0.2) is 10.6 Å². The highest BCUT2D eigenvalue weighted by atomic mass is 32.3. The van der Waals surface area contributed by atoms with Crippen LogP contribution in [0.4, 0.5) is 4.79 Å². The molecule has 3 aliphatic rings. The minimum absolute atomic E-state index is 0.208. The average Bonchev–Trinajstić information content (AvgIpc) is 2.98. The zero-order valence-electron chi connectivity index (χ0n) is 12.1. The number of aromatic nitrogens is 1. The highest BCUT2D eigenvalue weighted by Crippen LogP contribution is 2.61. The number of amides is 2. The molecule has 1 aromatic heterocycles. The van der Waals surface area contributed by atoms with Gasteiger partial charge in [-0.05, 0) is 24.7 Å². The van der Waals surface area contributed by atoms with E-state index in [9.17, 15) is 13.2 Å². The summed E-state index contributed by atoms with van der Waals surface area (Å²) < 4.78 is 40.6. The standard InChI is InChI=1S/C12H16N4O6S/c13-5-7-3-8(14-21-7)9-4-12(1-2-12)10-6-15(9)11(17)16(10)22-23(18,19)20/h3,9-10H,1-2,4-6,13H2,(H,18,19,20)/t9-,10-/m0/s1. The molecule has 0 radical (unpaired) electrons. The summed E-state index contributed by atoms with van der Waals surface area (Å²) in [5.41, 5.74) is 5.90. The maximum Gasteiger partial charge on any atom is 0.418 e. The molecule has 3 heterocycles. The van der Waals surface area contributed by atoms with Crippen LogP contribution < -0.4 is 5.73 Å². The topological polar surface area (TPSA) is 139 Å². The molecule has 0 unspecified atom stereocenters. The number of urea groups is 1. The summed E-state index contributed by atoms with van der Waals surface area (Å²) in [6.45, 7) is 0.531. The van der Waals surface area contributed by atoms with Crippen molar-refractivity contribution in [3.05, 3.63) is 17.5 Å². The van der Waals surface area contributed by atoms with Crippen molar-refractivity contribution in [2.75, 3.05) is 6.54 Å². The van der Waals surface area contributed by atoms with Crippen molar-refractivity contribution in [2.45, 2.75) is 37.9 Å². The molecule has 0 aromatic carbocycles. The van der Waals surface area contributed by atoms with Crippen molar-refractivity contribution < 1.29 is 26.6 Å². The van der Waals surface area contributed by atoms with E-state index in [4.69, 9.17) is 14.8 Å². The highest BCUT2D eigenvalue weighted by Gasteiger charge is 2.64. The molecule has 2 amide bonds. The van der Waals surface area contributed by atoms with E-state index < -0.39 is 22.5 Å². The van der Waals surface area contributed by atoms with Gasteiger partial charge in [-0.3, -0.25) is 4.55 Å². The molecular weight excluding hydrogens is 328 g/mol. The van der Waals surface area contributed by atoms with E-state index in [1.807, 2.05) is 0 Å². The van der Waals surface area contributed by atoms with Crippen LogP contribution in [-0.4, -0.2) is 46.7 Å². The molecule has 3 fully saturated rings. The number of piperidine rings is 1. The Kier molecular flexibility index (Phi) is 3.01. The van der Waals surface area contributed by atoms with Gasteiger partial charge in [-0.2, -0.15) is 13.5 Å². The van der Waals surface area contributed by atoms with Gasteiger partial charge < -0.3 is 15.2 Å². The second kappa shape index (κ2) is 4.66. The lowest BCUT2D eigenvalue weighted by Gasteiger charge is -2.35. The number of nitrogens with zero attached hydrogens (tertiary/aromatic N) is 3. The number of hydrogen-bond acceptors (Lipinski definition) is 7. The van der Waals surface area contributed by atoms with Crippen molar-refractivity contribution in [2.24, 2.45) is 11.1 Å². The molecule has 2 atom stereocenters. The Hall–Kier alpha value is -1.69. The number of rotatable bonds is 4. The monoisotopic (exact) mass is 344 g/mol. The second-order valence-electron chi connectivity index (χ2n) is 6.28.